The van der Waals surface area contributed by atoms with Gasteiger partial charge in [0, 0.05) is 11.0 Å². The molecule has 1 fully saturated rings. The largest absolute Gasteiger partial charge is 0.465 e. The van der Waals surface area contributed by atoms with Crippen molar-refractivity contribution in [2.75, 3.05) is 13.2 Å². The summed E-state index contributed by atoms with van der Waals surface area (Å²) in [6, 6.07) is 0. The van der Waals surface area contributed by atoms with Crippen molar-refractivity contribution in [3.63, 3.8) is 0 Å². The molecule has 0 bridgehead atoms. The Morgan fingerprint density at radius 1 is 1.35 bits per heavy atom. The number of hydrogen-bond donors (Lipinski definition) is 0. The fraction of sp³-hybridized carbons (Fsp3) is 0.600. The lowest BCUT2D eigenvalue weighted by atomic mass is 9.85. The molecule has 0 heterocycles. The number of hydrogen-bond acceptors (Lipinski definition) is 4. The van der Waals surface area contributed by atoms with Crippen molar-refractivity contribution in [2.45, 2.75) is 33.6 Å². The van der Waals surface area contributed by atoms with Crippen molar-refractivity contribution in [1.82, 2.24) is 0 Å². The van der Waals surface area contributed by atoms with Crippen LogP contribution in [0.25, 0.3) is 0 Å². The Balaban J connectivity index is 3.21. The minimum Gasteiger partial charge on any atom is -0.465 e. The average Bonchev–Trinajstić information content (AvgIpc) is 2.80. The molecule has 0 aromatic carbocycles. The van der Waals surface area contributed by atoms with Crippen molar-refractivity contribution < 1.29 is 19.1 Å². The third kappa shape index (κ3) is 3.06. The van der Waals surface area contributed by atoms with Gasteiger partial charge >= 0.3 is 11.9 Å². The molecule has 1 unspecified atom stereocenters. The summed E-state index contributed by atoms with van der Waals surface area (Å²) in [5, 5.41) is 0.588. The Labute approximate surface area is 124 Å². The molecule has 1 aliphatic carbocycles. The number of halogens is 1. The molecule has 5 heteroatoms. The zero-order chi connectivity index (χ0) is 15.3. The first kappa shape index (κ1) is 16.8. The maximum atomic E-state index is 12.3. The van der Waals surface area contributed by atoms with Crippen LogP contribution in [0.4, 0.5) is 0 Å². The summed E-state index contributed by atoms with van der Waals surface area (Å²) in [5.41, 5.74) is -0.445. The van der Waals surface area contributed by atoms with Crippen molar-refractivity contribution in [2.24, 2.45) is 11.3 Å². The third-order valence-electron chi connectivity index (χ3n) is 3.57. The van der Waals surface area contributed by atoms with Gasteiger partial charge in [0.2, 0.25) is 0 Å². The van der Waals surface area contributed by atoms with Gasteiger partial charge in [0.25, 0.3) is 0 Å². The minimum atomic E-state index is -1.30. The smallest absolute Gasteiger partial charge is 0.323 e. The lowest BCUT2D eigenvalue weighted by Gasteiger charge is -2.24. The highest BCUT2D eigenvalue weighted by molar-refractivity contribution is 6.29. The van der Waals surface area contributed by atoms with Gasteiger partial charge in [-0.15, -0.1) is 6.58 Å². The first-order valence-corrected chi connectivity index (χ1v) is 7.12. The van der Waals surface area contributed by atoms with Crippen LogP contribution in [0.5, 0.6) is 0 Å². The van der Waals surface area contributed by atoms with E-state index >= 15 is 0 Å². The molecule has 1 aliphatic rings. The van der Waals surface area contributed by atoms with E-state index in [2.05, 4.69) is 6.58 Å². The molecule has 112 valence electrons. The van der Waals surface area contributed by atoms with Crippen LogP contribution in [-0.2, 0) is 19.1 Å². The normalized spacial score (nSPS) is 23.1. The summed E-state index contributed by atoms with van der Waals surface area (Å²) in [7, 11) is 0. The molecule has 0 radical (unpaired) electrons. The molecule has 1 rings (SSSR count). The molecule has 0 amide bonds. The number of ether oxygens (including phenoxy) is 2. The molecular formula is C15H21ClO4. The van der Waals surface area contributed by atoms with Crippen molar-refractivity contribution >= 4 is 23.5 Å². The van der Waals surface area contributed by atoms with Crippen molar-refractivity contribution in [3.05, 3.63) is 23.3 Å². The second kappa shape index (κ2) is 6.93. The second-order valence-electron chi connectivity index (χ2n) is 4.80. The molecule has 0 N–H and O–H groups in total. The van der Waals surface area contributed by atoms with Gasteiger partial charge in [-0.2, -0.15) is 0 Å². The van der Waals surface area contributed by atoms with E-state index in [0.29, 0.717) is 11.5 Å². The zero-order valence-corrected chi connectivity index (χ0v) is 13.0. The highest BCUT2D eigenvalue weighted by atomic mass is 35.5. The first-order valence-electron chi connectivity index (χ1n) is 6.75. The fourth-order valence-electron chi connectivity index (χ4n) is 2.56. The molecule has 20 heavy (non-hydrogen) atoms. The predicted molar refractivity (Wildman–Crippen MR) is 77.2 cm³/mol. The van der Waals surface area contributed by atoms with Crippen LogP contribution < -0.4 is 0 Å². The second-order valence-corrected chi connectivity index (χ2v) is 5.37. The van der Waals surface area contributed by atoms with Crippen molar-refractivity contribution in [3.8, 4) is 0 Å². The van der Waals surface area contributed by atoms with E-state index in [1.165, 1.54) is 0 Å². The first-order chi connectivity index (χ1) is 9.42. The average molecular weight is 301 g/mol. The van der Waals surface area contributed by atoms with E-state index in [9.17, 15) is 9.59 Å². The van der Waals surface area contributed by atoms with Gasteiger partial charge < -0.3 is 9.47 Å². The standard InChI is InChI=1S/C15H21ClO4/c1-5-11-8-15(13(17)19-6-2,14(18)20-7-3)9-12(11)10(4)16/h5,11H,1,6-9H2,2-4H3/b12-10+. The van der Waals surface area contributed by atoms with E-state index in [-0.39, 0.29) is 25.6 Å². The molecule has 0 saturated heterocycles. The van der Waals surface area contributed by atoms with Gasteiger partial charge in [0.15, 0.2) is 5.41 Å². The molecule has 1 saturated carbocycles. The van der Waals surface area contributed by atoms with Crippen LogP contribution in [-0.4, -0.2) is 25.2 Å². The van der Waals surface area contributed by atoms with Gasteiger partial charge in [0.05, 0.1) is 13.2 Å². The Hall–Kier alpha value is -1.29. The quantitative estimate of drug-likeness (QED) is 0.444. The highest BCUT2D eigenvalue weighted by Gasteiger charge is 2.55. The number of allylic oxidation sites excluding steroid dienone is 3. The Bertz CT molecular complexity index is 417. The third-order valence-corrected chi connectivity index (χ3v) is 3.81. The summed E-state index contributed by atoms with van der Waals surface area (Å²) >= 11 is 6.08. The topological polar surface area (TPSA) is 52.6 Å². The molecule has 0 aliphatic heterocycles. The number of carbonyl (C=O) groups excluding carboxylic acids is 2. The van der Waals surface area contributed by atoms with Crippen LogP contribution in [0.1, 0.15) is 33.6 Å². The van der Waals surface area contributed by atoms with Crippen LogP contribution in [0, 0.1) is 11.3 Å². The Morgan fingerprint density at radius 2 is 1.85 bits per heavy atom. The van der Waals surface area contributed by atoms with E-state index in [0.717, 1.165) is 5.57 Å². The van der Waals surface area contributed by atoms with Crippen LogP contribution in [0.3, 0.4) is 0 Å². The SMILES string of the molecule is C=CC1CC(C(=O)OCC)(C(=O)OCC)C/C1=C(/C)Cl. The maximum absolute atomic E-state index is 12.3. The van der Waals surface area contributed by atoms with Gasteiger partial charge in [-0.25, -0.2) is 0 Å². The summed E-state index contributed by atoms with van der Waals surface area (Å²) in [4.78, 5) is 24.6. The molecule has 0 spiro atoms. The van der Waals surface area contributed by atoms with Gasteiger partial charge in [0.1, 0.15) is 0 Å². The lowest BCUT2D eigenvalue weighted by molar-refractivity contribution is -0.171. The Kier molecular flexibility index (Phi) is 5.81. The molecule has 0 aromatic heterocycles. The van der Waals surface area contributed by atoms with Gasteiger partial charge in [-0.05, 0) is 39.2 Å². The molecule has 1 atom stereocenters. The van der Waals surface area contributed by atoms with E-state index in [4.69, 9.17) is 21.1 Å². The number of rotatable bonds is 5. The summed E-state index contributed by atoms with van der Waals surface area (Å²) in [5.74, 6) is -1.20. The monoisotopic (exact) mass is 300 g/mol. The summed E-state index contributed by atoms with van der Waals surface area (Å²) in [6.45, 7) is 9.36. The van der Waals surface area contributed by atoms with Gasteiger partial charge in [-0.3, -0.25) is 9.59 Å². The van der Waals surface area contributed by atoms with Crippen molar-refractivity contribution in [1.29, 1.82) is 0 Å². The molecule has 4 nitrogen and oxygen atoms in total. The molecule has 0 aromatic rings. The summed E-state index contributed by atoms with van der Waals surface area (Å²) < 4.78 is 10.2. The van der Waals surface area contributed by atoms with Gasteiger partial charge in [-0.1, -0.05) is 17.7 Å². The lowest BCUT2D eigenvalue weighted by Crippen LogP contribution is -2.40. The van der Waals surface area contributed by atoms with Crippen LogP contribution in [0.15, 0.2) is 23.3 Å². The molecular weight excluding hydrogens is 280 g/mol. The van der Waals surface area contributed by atoms with E-state index in [1.807, 2.05) is 0 Å². The fourth-order valence-corrected chi connectivity index (χ4v) is 2.77. The van der Waals surface area contributed by atoms with Crippen LogP contribution in [0.2, 0.25) is 0 Å². The predicted octanol–water partition coefficient (Wildman–Crippen LogP) is 3.21. The summed E-state index contributed by atoms with van der Waals surface area (Å²) in [6.07, 6.45) is 2.24. The van der Waals surface area contributed by atoms with E-state index < -0.39 is 17.4 Å². The number of carbonyl (C=O) groups is 2. The number of esters is 2. The van der Waals surface area contributed by atoms with E-state index in [1.54, 1.807) is 26.8 Å². The Morgan fingerprint density at radius 3 is 2.15 bits per heavy atom. The minimum absolute atomic E-state index is 0.110. The maximum Gasteiger partial charge on any atom is 0.323 e. The van der Waals surface area contributed by atoms with Crippen LogP contribution >= 0.6 is 11.6 Å². The highest BCUT2D eigenvalue weighted by Crippen LogP contribution is 2.49. The zero-order valence-electron chi connectivity index (χ0n) is 12.2.